The van der Waals surface area contributed by atoms with Gasteiger partial charge in [0, 0.05) is 0 Å². The zero-order valence-corrected chi connectivity index (χ0v) is 6.90. The minimum atomic E-state index is 0.103. The molecule has 2 unspecified atom stereocenters. The highest BCUT2D eigenvalue weighted by atomic mass is 16.6. The van der Waals surface area contributed by atoms with E-state index in [1.165, 1.54) is 0 Å². The fraction of sp³-hybridized carbons (Fsp3) is 0.400. The van der Waals surface area contributed by atoms with Gasteiger partial charge in [-0.1, -0.05) is 30.9 Å². The zero-order chi connectivity index (χ0) is 8.39. The molecule has 0 aromatic rings. The van der Waals surface area contributed by atoms with E-state index in [4.69, 9.17) is 9.47 Å². The molecule has 1 fully saturated rings. The molecule has 2 atom stereocenters. The third-order valence-corrected chi connectivity index (χ3v) is 2.00. The standard InChI is InChI=1S/C10H12O2/c1-2-8-4-3-5-10(8)12-7-9-6-11-9/h2-5,9-10H,1,6-7H2. The Bertz CT molecular complexity index is 236. The van der Waals surface area contributed by atoms with E-state index >= 15 is 0 Å². The van der Waals surface area contributed by atoms with E-state index in [2.05, 4.69) is 6.58 Å². The van der Waals surface area contributed by atoms with Crippen molar-refractivity contribution in [2.45, 2.75) is 12.2 Å². The monoisotopic (exact) mass is 164 g/mol. The van der Waals surface area contributed by atoms with Crippen molar-refractivity contribution in [3.8, 4) is 0 Å². The summed E-state index contributed by atoms with van der Waals surface area (Å²) in [6, 6.07) is 0. The molecule has 64 valence electrons. The first-order valence-electron chi connectivity index (χ1n) is 4.14. The molecule has 0 N–H and O–H groups in total. The molecule has 2 aliphatic rings. The first-order valence-corrected chi connectivity index (χ1v) is 4.14. The maximum absolute atomic E-state index is 5.58. The average Bonchev–Trinajstić information content (AvgIpc) is 2.81. The lowest BCUT2D eigenvalue weighted by Crippen LogP contribution is -2.13. The van der Waals surface area contributed by atoms with Crippen LogP contribution in [0.25, 0.3) is 0 Å². The Labute approximate surface area is 72.2 Å². The van der Waals surface area contributed by atoms with Gasteiger partial charge >= 0.3 is 0 Å². The van der Waals surface area contributed by atoms with Crippen molar-refractivity contribution in [2.24, 2.45) is 0 Å². The van der Waals surface area contributed by atoms with Crippen LogP contribution < -0.4 is 0 Å². The van der Waals surface area contributed by atoms with Crippen LogP contribution in [-0.4, -0.2) is 25.4 Å². The lowest BCUT2D eigenvalue weighted by molar-refractivity contribution is 0.0959. The highest BCUT2D eigenvalue weighted by molar-refractivity contribution is 5.36. The fourth-order valence-corrected chi connectivity index (χ4v) is 1.18. The van der Waals surface area contributed by atoms with Crippen LogP contribution in [0.5, 0.6) is 0 Å². The summed E-state index contributed by atoms with van der Waals surface area (Å²) in [6.07, 6.45) is 8.32. The maximum Gasteiger partial charge on any atom is 0.104 e. The minimum absolute atomic E-state index is 0.103. The molecule has 1 aliphatic carbocycles. The van der Waals surface area contributed by atoms with Crippen molar-refractivity contribution >= 4 is 0 Å². The molecule has 0 saturated carbocycles. The molecule has 2 nitrogen and oxygen atoms in total. The van der Waals surface area contributed by atoms with Crippen LogP contribution in [0, 0.1) is 0 Å². The molecular weight excluding hydrogens is 152 g/mol. The topological polar surface area (TPSA) is 21.8 Å². The van der Waals surface area contributed by atoms with E-state index in [0.29, 0.717) is 12.7 Å². The van der Waals surface area contributed by atoms with Crippen molar-refractivity contribution in [1.29, 1.82) is 0 Å². The average molecular weight is 164 g/mol. The first kappa shape index (κ1) is 7.77. The molecule has 0 radical (unpaired) electrons. The predicted molar refractivity (Wildman–Crippen MR) is 46.9 cm³/mol. The second kappa shape index (κ2) is 3.25. The highest BCUT2D eigenvalue weighted by Crippen LogP contribution is 2.18. The Morgan fingerprint density at radius 3 is 3.25 bits per heavy atom. The minimum Gasteiger partial charge on any atom is -0.371 e. The van der Waals surface area contributed by atoms with Gasteiger partial charge in [-0.05, 0) is 5.57 Å². The molecule has 0 bridgehead atoms. The summed E-state index contributed by atoms with van der Waals surface area (Å²) in [5.41, 5.74) is 1.13. The summed E-state index contributed by atoms with van der Waals surface area (Å²) >= 11 is 0. The van der Waals surface area contributed by atoms with Crippen molar-refractivity contribution in [3.05, 3.63) is 36.5 Å². The summed E-state index contributed by atoms with van der Waals surface area (Å²) in [7, 11) is 0. The van der Waals surface area contributed by atoms with Gasteiger partial charge in [0.25, 0.3) is 0 Å². The van der Waals surface area contributed by atoms with E-state index in [9.17, 15) is 0 Å². The highest BCUT2D eigenvalue weighted by Gasteiger charge is 2.24. The Hall–Kier alpha value is -0.860. The van der Waals surface area contributed by atoms with Gasteiger partial charge < -0.3 is 9.47 Å². The van der Waals surface area contributed by atoms with Crippen LogP contribution in [0.1, 0.15) is 0 Å². The Kier molecular flexibility index (Phi) is 2.11. The van der Waals surface area contributed by atoms with E-state index in [0.717, 1.165) is 12.2 Å². The van der Waals surface area contributed by atoms with Crippen LogP contribution >= 0.6 is 0 Å². The van der Waals surface area contributed by atoms with Crippen LogP contribution in [0.3, 0.4) is 0 Å². The SMILES string of the molecule is C=CC1=CC=CC1OCC1CO1. The zero-order valence-electron chi connectivity index (χ0n) is 6.90. The van der Waals surface area contributed by atoms with Gasteiger partial charge in [-0.15, -0.1) is 0 Å². The smallest absolute Gasteiger partial charge is 0.104 e. The van der Waals surface area contributed by atoms with Gasteiger partial charge in [0.2, 0.25) is 0 Å². The molecule has 1 aliphatic heterocycles. The molecular formula is C10H12O2. The van der Waals surface area contributed by atoms with Crippen LogP contribution in [-0.2, 0) is 9.47 Å². The lowest BCUT2D eigenvalue weighted by Gasteiger charge is -2.10. The lowest BCUT2D eigenvalue weighted by atomic mass is 10.2. The van der Waals surface area contributed by atoms with E-state index in [-0.39, 0.29) is 6.10 Å². The molecule has 1 saturated heterocycles. The van der Waals surface area contributed by atoms with Crippen LogP contribution in [0.4, 0.5) is 0 Å². The molecule has 0 amide bonds. The molecule has 0 aromatic carbocycles. The van der Waals surface area contributed by atoms with Gasteiger partial charge in [0.05, 0.1) is 13.2 Å². The van der Waals surface area contributed by atoms with Gasteiger partial charge in [-0.3, -0.25) is 0 Å². The normalized spacial score (nSPS) is 31.8. The largest absolute Gasteiger partial charge is 0.371 e. The van der Waals surface area contributed by atoms with Crippen LogP contribution in [0.2, 0.25) is 0 Å². The number of hydrogen-bond acceptors (Lipinski definition) is 2. The van der Waals surface area contributed by atoms with Gasteiger partial charge in [-0.2, -0.15) is 0 Å². The third-order valence-electron chi connectivity index (χ3n) is 2.00. The second-order valence-corrected chi connectivity index (χ2v) is 2.96. The summed E-state index contributed by atoms with van der Waals surface area (Å²) in [5.74, 6) is 0. The van der Waals surface area contributed by atoms with Crippen LogP contribution in [0.15, 0.2) is 36.5 Å². The quantitative estimate of drug-likeness (QED) is 0.587. The van der Waals surface area contributed by atoms with Crippen molar-refractivity contribution < 1.29 is 9.47 Å². The van der Waals surface area contributed by atoms with Gasteiger partial charge in [0.1, 0.15) is 12.2 Å². The second-order valence-electron chi connectivity index (χ2n) is 2.96. The molecule has 12 heavy (non-hydrogen) atoms. The Morgan fingerprint density at radius 2 is 2.58 bits per heavy atom. The summed E-state index contributed by atoms with van der Waals surface area (Å²) in [6.45, 7) is 5.26. The van der Waals surface area contributed by atoms with Crippen molar-refractivity contribution in [3.63, 3.8) is 0 Å². The molecule has 1 heterocycles. The van der Waals surface area contributed by atoms with Gasteiger partial charge in [-0.25, -0.2) is 0 Å². The molecule has 2 heteroatoms. The van der Waals surface area contributed by atoms with E-state index in [1.807, 2.05) is 24.3 Å². The third kappa shape index (κ3) is 1.65. The number of allylic oxidation sites excluding steroid dienone is 2. The summed E-state index contributed by atoms with van der Waals surface area (Å²) < 4.78 is 10.6. The van der Waals surface area contributed by atoms with Crippen molar-refractivity contribution in [2.75, 3.05) is 13.2 Å². The predicted octanol–water partition coefficient (Wildman–Crippen LogP) is 1.45. The van der Waals surface area contributed by atoms with Crippen molar-refractivity contribution in [1.82, 2.24) is 0 Å². The molecule has 0 spiro atoms. The summed E-state index contributed by atoms with van der Waals surface area (Å²) in [5, 5.41) is 0. The van der Waals surface area contributed by atoms with Gasteiger partial charge in [0.15, 0.2) is 0 Å². The molecule has 2 rings (SSSR count). The Balaban J connectivity index is 1.82. The summed E-state index contributed by atoms with van der Waals surface area (Å²) in [4.78, 5) is 0. The maximum atomic E-state index is 5.58. The number of hydrogen-bond donors (Lipinski definition) is 0. The molecule has 0 aromatic heterocycles. The van der Waals surface area contributed by atoms with E-state index in [1.54, 1.807) is 0 Å². The Morgan fingerprint density at radius 1 is 1.75 bits per heavy atom. The number of epoxide rings is 1. The van der Waals surface area contributed by atoms with E-state index < -0.39 is 0 Å². The first-order chi connectivity index (χ1) is 5.90. The number of ether oxygens (including phenoxy) is 2. The number of rotatable bonds is 4. The fourth-order valence-electron chi connectivity index (χ4n) is 1.18.